The van der Waals surface area contributed by atoms with Crippen molar-refractivity contribution >= 4 is 38.8 Å². The second-order valence-corrected chi connectivity index (χ2v) is 9.41. The SMILES string of the molecule is Cc1ccc2nc(-c3ccc(NCc4ccccc4OCc4cccc(Cl)c4)cc3)sc2c1. The molecule has 0 atom stereocenters. The summed E-state index contributed by atoms with van der Waals surface area (Å²) in [4.78, 5) is 4.78. The van der Waals surface area contributed by atoms with Gasteiger partial charge in [0.1, 0.15) is 17.4 Å². The van der Waals surface area contributed by atoms with Crippen LogP contribution in [0, 0.1) is 6.92 Å². The lowest BCUT2D eigenvalue weighted by atomic mass is 10.1. The van der Waals surface area contributed by atoms with Gasteiger partial charge in [0.2, 0.25) is 0 Å². The van der Waals surface area contributed by atoms with E-state index in [2.05, 4.69) is 60.8 Å². The maximum atomic E-state index is 6.08. The Balaban J connectivity index is 1.25. The maximum absolute atomic E-state index is 6.08. The van der Waals surface area contributed by atoms with Crippen LogP contribution in [0.15, 0.2) is 91.0 Å². The second-order valence-electron chi connectivity index (χ2n) is 7.95. The number of halogens is 1. The fourth-order valence-electron chi connectivity index (χ4n) is 3.66. The van der Waals surface area contributed by atoms with Crippen LogP contribution in [-0.2, 0) is 13.2 Å². The van der Waals surface area contributed by atoms with Crippen molar-refractivity contribution in [3.63, 3.8) is 0 Å². The van der Waals surface area contributed by atoms with Gasteiger partial charge in [0.05, 0.1) is 10.2 Å². The van der Waals surface area contributed by atoms with E-state index in [-0.39, 0.29) is 0 Å². The van der Waals surface area contributed by atoms with Crippen molar-refractivity contribution in [2.45, 2.75) is 20.1 Å². The molecule has 1 heterocycles. The van der Waals surface area contributed by atoms with Crippen LogP contribution in [0.4, 0.5) is 5.69 Å². The van der Waals surface area contributed by atoms with Gasteiger partial charge >= 0.3 is 0 Å². The zero-order valence-corrected chi connectivity index (χ0v) is 19.8. The number of hydrogen-bond acceptors (Lipinski definition) is 4. The third-order valence-corrected chi connectivity index (χ3v) is 6.72. The molecule has 5 heteroatoms. The molecule has 33 heavy (non-hydrogen) atoms. The highest BCUT2D eigenvalue weighted by atomic mass is 35.5. The Morgan fingerprint density at radius 3 is 2.61 bits per heavy atom. The Bertz CT molecular complexity index is 1390. The van der Waals surface area contributed by atoms with Gasteiger partial charge in [-0.05, 0) is 72.6 Å². The molecule has 0 unspecified atom stereocenters. The number of nitrogens with one attached hydrogen (secondary N) is 1. The summed E-state index contributed by atoms with van der Waals surface area (Å²) in [5, 5.41) is 5.26. The Hall–Kier alpha value is -3.34. The van der Waals surface area contributed by atoms with Gasteiger partial charge in [-0.25, -0.2) is 4.98 Å². The number of rotatable bonds is 7. The summed E-state index contributed by atoms with van der Waals surface area (Å²) in [5.41, 5.74) is 6.65. The van der Waals surface area contributed by atoms with E-state index in [0.29, 0.717) is 13.2 Å². The number of thiazole rings is 1. The normalized spacial score (nSPS) is 11.0. The highest BCUT2D eigenvalue weighted by molar-refractivity contribution is 7.21. The Labute approximate surface area is 202 Å². The second kappa shape index (κ2) is 9.65. The number of anilines is 1. The first kappa shape index (κ1) is 21.5. The van der Waals surface area contributed by atoms with Crippen molar-refractivity contribution in [2.24, 2.45) is 0 Å². The van der Waals surface area contributed by atoms with Gasteiger partial charge in [-0.15, -0.1) is 11.3 Å². The number of aromatic nitrogens is 1. The van der Waals surface area contributed by atoms with E-state index in [1.165, 1.54) is 10.3 Å². The van der Waals surface area contributed by atoms with Gasteiger partial charge in [0.25, 0.3) is 0 Å². The number of para-hydroxylation sites is 1. The van der Waals surface area contributed by atoms with Gasteiger partial charge in [-0.2, -0.15) is 0 Å². The minimum atomic E-state index is 0.480. The number of ether oxygens (including phenoxy) is 1. The molecule has 5 rings (SSSR count). The smallest absolute Gasteiger partial charge is 0.124 e. The minimum absolute atomic E-state index is 0.480. The molecule has 0 fully saturated rings. The zero-order valence-electron chi connectivity index (χ0n) is 18.2. The number of nitrogens with zero attached hydrogens (tertiary/aromatic N) is 1. The topological polar surface area (TPSA) is 34.2 Å². The molecule has 0 aliphatic rings. The highest BCUT2D eigenvalue weighted by Crippen LogP contribution is 2.31. The third kappa shape index (κ3) is 5.19. The number of fused-ring (bicyclic) bond motifs is 1. The monoisotopic (exact) mass is 470 g/mol. The van der Waals surface area contributed by atoms with Gasteiger partial charge in [0.15, 0.2) is 0 Å². The van der Waals surface area contributed by atoms with E-state index in [9.17, 15) is 0 Å². The fourth-order valence-corrected chi connectivity index (χ4v) is 4.94. The van der Waals surface area contributed by atoms with Crippen molar-refractivity contribution in [1.82, 2.24) is 4.98 Å². The maximum Gasteiger partial charge on any atom is 0.124 e. The molecule has 0 aliphatic heterocycles. The summed E-state index contributed by atoms with van der Waals surface area (Å²) in [5.74, 6) is 0.867. The van der Waals surface area contributed by atoms with E-state index >= 15 is 0 Å². The summed E-state index contributed by atoms with van der Waals surface area (Å²) >= 11 is 7.81. The summed E-state index contributed by atoms with van der Waals surface area (Å²) < 4.78 is 7.30. The van der Waals surface area contributed by atoms with Crippen molar-refractivity contribution in [2.75, 3.05) is 5.32 Å². The van der Waals surface area contributed by atoms with Gasteiger partial charge in [0, 0.05) is 28.4 Å². The van der Waals surface area contributed by atoms with E-state index < -0.39 is 0 Å². The molecule has 164 valence electrons. The molecule has 0 aliphatic carbocycles. The minimum Gasteiger partial charge on any atom is -0.489 e. The molecule has 3 nitrogen and oxygen atoms in total. The van der Waals surface area contributed by atoms with Crippen LogP contribution in [0.1, 0.15) is 16.7 Å². The zero-order chi connectivity index (χ0) is 22.6. The Morgan fingerprint density at radius 2 is 1.76 bits per heavy atom. The number of aryl methyl sites for hydroxylation is 1. The Kier molecular flexibility index (Phi) is 6.29. The Morgan fingerprint density at radius 1 is 0.909 bits per heavy atom. The lowest BCUT2D eigenvalue weighted by Gasteiger charge is -2.13. The standard InChI is InChI=1S/C28H23ClN2OS/c1-19-9-14-25-27(15-19)33-28(31-25)21-10-12-24(13-11-21)30-17-22-6-2-3-8-26(22)32-18-20-5-4-7-23(29)16-20/h2-16,30H,17-18H2,1H3. The summed E-state index contributed by atoms with van der Waals surface area (Å²) in [6, 6.07) is 30.7. The molecule has 1 aromatic heterocycles. The molecule has 0 saturated heterocycles. The van der Waals surface area contributed by atoms with Crippen LogP contribution in [-0.4, -0.2) is 4.98 Å². The van der Waals surface area contributed by atoms with Crippen LogP contribution in [0.2, 0.25) is 5.02 Å². The van der Waals surface area contributed by atoms with Crippen molar-refractivity contribution < 1.29 is 4.74 Å². The predicted octanol–water partition coefficient (Wildman–Crippen LogP) is 8.12. The molecule has 5 aromatic rings. The average Bonchev–Trinajstić information content (AvgIpc) is 3.25. The third-order valence-electron chi connectivity index (χ3n) is 5.41. The fraction of sp³-hybridized carbons (Fsp3) is 0.107. The molecule has 0 amide bonds. The van der Waals surface area contributed by atoms with Gasteiger partial charge in [-0.1, -0.05) is 48.0 Å². The first-order valence-corrected chi connectivity index (χ1v) is 12.0. The van der Waals surface area contributed by atoms with Crippen LogP contribution in [0.25, 0.3) is 20.8 Å². The van der Waals surface area contributed by atoms with E-state index in [4.69, 9.17) is 21.3 Å². The molecule has 1 N–H and O–H groups in total. The van der Waals surface area contributed by atoms with Crippen molar-refractivity contribution in [1.29, 1.82) is 0 Å². The molecule has 0 spiro atoms. The first-order valence-electron chi connectivity index (χ1n) is 10.8. The predicted molar refractivity (Wildman–Crippen MR) is 139 cm³/mol. The van der Waals surface area contributed by atoms with E-state index in [0.717, 1.165) is 43.7 Å². The summed E-state index contributed by atoms with van der Waals surface area (Å²) in [7, 11) is 0. The van der Waals surface area contributed by atoms with Gasteiger partial charge < -0.3 is 10.1 Å². The van der Waals surface area contributed by atoms with Gasteiger partial charge in [-0.3, -0.25) is 0 Å². The summed E-state index contributed by atoms with van der Waals surface area (Å²) in [6.07, 6.45) is 0. The number of benzene rings is 4. The molecule has 4 aromatic carbocycles. The van der Waals surface area contributed by atoms with E-state index in [1.807, 2.05) is 42.5 Å². The molecular weight excluding hydrogens is 448 g/mol. The van der Waals surface area contributed by atoms with E-state index in [1.54, 1.807) is 11.3 Å². The van der Waals surface area contributed by atoms with Crippen molar-refractivity contribution in [3.05, 3.63) is 113 Å². The first-order chi connectivity index (χ1) is 16.1. The highest BCUT2D eigenvalue weighted by Gasteiger charge is 2.08. The molecule has 0 saturated carbocycles. The van der Waals surface area contributed by atoms with Crippen LogP contribution >= 0.6 is 22.9 Å². The summed E-state index contributed by atoms with van der Waals surface area (Å²) in [6.45, 7) is 3.26. The van der Waals surface area contributed by atoms with Crippen LogP contribution in [0.5, 0.6) is 5.75 Å². The van der Waals surface area contributed by atoms with Crippen LogP contribution < -0.4 is 10.1 Å². The number of hydrogen-bond donors (Lipinski definition) is 1. The lowest BCUT2D eigenvalue weighted by Crippen LogP contribution is -2.03. The quantitative estimate of drug-likeness (QED) is 0.261. The molecule has 0 radical (unpaired) electrons. The molecule has 0 bridgehead atoms. The molecular formula is C28H23ClN2OS. The largest absolute Gasteiger partial charge is 0.489 e. The van der Waals surface area contributed by atoms with Crippen LogP contribution in [0.3, 0.4) is 0 Å². The lowest BCUT2D eigenvalue weighted by molar-refractivity contribution is 0.303. The van der Waals surface area contributed by atoms with Crippen molar-refractivity contribution in [3.8, 4) is 16.3 Å². The average molecular weight is 471 g/mol.